The molecule has 3 nitrogen and oxygen atoms in total. The summed E-state index contributed by atoms with van der Waals surface area (Å²) < 4.78 is 10.6. The molecule has 0 amide bonds. The lowest BCUT2D eigenvalue weighted by Crippen LogP contribution is -2.12. The first kappa shape index (κ1) is 15.7. The van der Waals surface area contributed by atoms with Crippen LogP contribution in [0.15, 0.2) is 36.4 Å². The van der Waals surface area contributed by atoms with Gasteiger partial charge in [-0.1, -0.05) is 44.6 Å². The summed E-state index contributed by atoms with van der Waals surface area (Å²) in [6, 6.07) is 7.72. The molecule has 0 aliphatic heterocycles. The summed E-state index contributed by atoms with van der Waals surface area (Å²) in [5.74, 6) is 1.33. The van der Waals surface area contributed by atoms with Crippen LogP contribution >= 0.6 is 0 Å². The Morgan fingerprint density at radius 1 is 1.21 bits per heavy atom. The number of rotatable bonds is 8. The van der Waals surface area contributed by atoms with Gasteiger partial charge in [-0.15, -0.1) is 0 Å². The van der Waals surface area contributed by atoms with Gasteiger partial charge in [0.05, 0.1) is 26.4 Å². The van der Waals surface area contributed by atoms with Gasteiger partial charge in [-0.3, -0.25) is 0 Å². The van der Waals surface area contributed by atoms with Crippen molar-refractivity contribution >= 4 is 0 Å². The van der Waals surface area contributed by atoms with Crippen LogP contribution in [0.2, 0.25) is 0 Å². The van der Waals surface area contributed by atoms with Crippen LogP contribution < -0.4 is 4.74 Å². The number of ether oxygens (including phenoxy) is 2. The second-order valence-electron chi connectivity index (χ2n) is 4.70. The first-order valence-electron chi connectivity index (χ1n) is 6.72. The minimum Gasteiger partial charge on any atom is -0.497 e. The van der Waals surface area contributed by atoms with E-state index >= 15 is 0 Å². The number of hydrogen-bond donors (Lipinski definition) is 1. The molecule has 0 saturated carbocycles. The second-order valence-corrected chi connectivity index (χ2v) is 4.70. The molecule has 0 heterocycles. The first-order valence-corrected chi connectivity index (χ1v) is 6.72. The standard InChI is InChI=1S/C16H24O3/c1-4-13(2)5-8-15(17)12-19-11-14-6-9-16(18-3)10-7-14/h5-10,13,15,17H,4,11-12H2,1-3H3/b8-5+/t13-,15+/m0/s1. The second kappa shape index (κ2) is 8.73. The van der Waals surface area contributed by atoms with Gasteiger partial charge in [0.25, 0.3) is 0 Å². The summed E-state index contributed by atoms with van der Waals surface area (Å²) in [6.45, 7) is 5.07. The highest BCUT2D eigenvalue weighted by Gasteiger charge is 2.01. The molecular weight excluding hydrogens is 240 g/mol. The number of aliphatic hydroxyl groups is 1. The van der Waals surface area contributed by atoms with Crippen LogP contribution in [0.1, 0.15) is 25.8 Å². The third-order valence-electron chi connectivity index (χ3n) is 3.02. The molecule has 0 spiro atoms. The van der Waals surface area contributed by atoms with Gasteiger partial charge in [-0.2, -0.15) is 0 Å². The van der Waals surface area contributed by atoms with Crippen LogP contribution in [0.25, 0.3) is 0 Å². The van der Waals surface area contributed by atoms with Crippen molar-refractivity contribution in [3.8, 4) is 5.75 Å². The van der Waals surface area contributed by atoms with E-state index in [1.807, 2.05) is 36.4 Å². The van der Waals surface area contributed by atoms with Gasteiger partial charge in [0.15, 0.2) is 0 Å². The Morgan fingerprint density at radius 3 is 2.47 bits per heavy atom. The van der Waals surface area contributed by atoms with E-state index in [1.54, 1.807) is 7.11 Å². The highest BCUT2D eigenvalue weighted by molar-refractivity contribution is 5.26. The van der Waals surface area contributed by atoms with Gasteiger partial charge in [0, 0.05) is 0 Å². The first-order chi connectivity index (χ1) is 9.15. The van der Waals surface area contributed by atoms with E-state index in [0.717, 1.165) is 17.7 Å². The summed E-state index contributed by atoms with van der Waals surface area (Å²) in [5.41, 5.74) is 1.07. The van der Waals surface area contributed by atoms with Crippen LogP contribution in [0.3, 0.4) is 0 Å². The molecule has 19 heavy (non-hydrogen) atoms. The molecule has 2 atom stereocenters. The largest absolute Gasteiger partial charge is 0.497 e. The molecule has 0 aliphatic carbocycles. The van der Waals surface area contributed by atoms with Crippen LogP contribution in [-0.4, -0.2) is 24.9 Å². The number of aliphatic hydroxyl groups excluding tert-OH is 1. The normalized spacial score (nSPS) is 14.5. The van der Waals surface area contributed by atoms with E-state index < -0.39 is 6.10 Å². The van der Waals surface area contributed by atoms with E-state index in [9.17, 15) is 5.11 Å². The zero-order valence-corrected chi connectivity index (χ0v) is 12.0. The molecule has 1 N–H and O–H groups in total. The molecule has 1 aromatic carbocycles. The minimum absolute atomic E-state index is 0.318. The lowest BCUT2D eigenvalue weighted by molar-refractivity contribution is 0.0501. The monoisotopic (exact) mass is 264 g/mol. The Bertz CT molecular complexity index is 370. The fourth-order valence-electron chi connectivity index (χ4n) is 1.53. The SMILES string of the molecule is CC[C@H](C)/C=C/[C@@H](O)COCc1ccc(OC)cc1. The molecular formula is C16H24O3. The number of methoxy groups -OCH3 is 1. The lowest BCUT2D eigenvalue weighted by atomic mass is 10.1. The number of hydrogen-bond acceptors (Lipinski definition) is 3. The molecule has 106 valence electrons. The molecule has 1 rings (SSSR count). The maximum atomic E-state index is 9.72. The summed E-state index contributed by atoms with van der Waals surface area (Å²) in [7, 11) is 1.64. The highest BCUT2D eigenvalue weighted by atomic mass is 16.5. The van der Waals surface area contributed by atoms with E-state index in [0.29, 0.717) is 19.1 Å². The predicted molar refractivity (Wildman–Crippen MR) is 77.3 cm³/mol. The molecule has 0 saturated heterocycles. The molecule has 0 aliphatic rings. The van der Waals surface area contributed by atoms with Gasteiger partial charge in [0.2, 0.25) is 0 Å². The molecule has 1 aromatic rings. The summed E-state index contributed by atoms with van der Waals surface area (Å²) in [5, 5.41) is 9.72. The maximum absolute atomic E-state index is 9.72. The van der Waals surface area contributed by atoms with Gasteiger partial charge in [-0.05, 0) is 23.6 Å². The van der Waals surface area contributed by atoms with E-state index in [4.69, 9.17) is 9.47 Å². The van der Waals surface area contributed by atoms with Crippen LogP contribution in [-0.2, 0) is 11.3 Å². The average molecular weight is 264 g/mol. The van der Waals surface area contributed by atoms with Crippen LogP contribution in [0.4, 0.5) is 0 Å². The van der Waals surface area contributed by atoms with E-state index in [2.05, 4.69) is 13.8 Å². The van der Waals surface area contributed by atoms with E-state index in [1.165, 1.54) is 0 Å². The van der Waals surface area contributed by atoms with Crippen LogP contribution in [0.5, 0.6) is 5.75 Å². The third kappa shape index (κ3) is 6.41. The summed E-state index contributed by atoms with van der Waals surface area (Å²) in [6.07, 6.45) is 4.38. The predicted octanol–water partition coefficient (Wildman–Crippen LogP) is 3.18. The fraction of sp³-hybridized carbons (Fsp3) is 0.500. The topological polar surface area (TPSA) is 38.7 Å². The Kier molecular flexibility index (Phi) is 7.23. The van der Waals surface area contributed by atoms with Crippen molar-refractivity contribution in [1.82, 2.24) is 0 Å². The van der Waals surface area contributed by atoms with Crippen molar-refractivity contribution in [3.63, 3.8) is 0 Å². The molecule has 3 heteroatoms. The van der Waals surface area contributed by atoms with Gasteiger partial charge >= 0.3 is 0 Å². The smallest absolute Gasteiger partial charge is 0.118 e. The van der Waals surface area contributed by atoms with Crippen molar-refractivity contribution in [2.24, 2.45) is 5.92 Å². The molecule has 0 aromatic heterocycles. The third-order valence-corrected chi connectivity index (χ3v) is 3.02. The van der Waals surface area contributed by atoms with Gasteiger partial charge < -0.3 is 14.6 Å². The molecule has 0 radical (unpaired) electrons. The van der Waals surface area contributed by atoms with Crippen molar-refractivity contribution in [2.45, 2.75) is 33.0 Å². The number of benzene rings is 1. The average Bonchev–Trinajstić information content (AvgIpc) is 2.45. The number of allylic oxidation sites excluding steroid dienone is 1. The fourth-order valence-corrected chi connectivity index (χ4v) is 1.53. The Labute approximate surface area is 115 Å². The molecule has 0 unspecified atom stereocenters. The van der Waals surface area contributed by atoms with Crippen molar-refractivity contribution in [3.05, 3.63) is 42.0 Å². The maximum Gasteiger partial charge on any atom is 0.118 e. The van der Waals surface area contributed by atoms with Crippen molar-refractivity contribution < 1.29 is 14.6 Å². The zero-order valence-electron chi connectivity index (χ0n) is 12.0. The summed E-state index contributed by atoms with van der Waals surface area (Å²) in [4.78, 5) is 0. The highest BCUT2D eigenvalue weighted by Crippen LogP contribution is 2.12. The Hall–Kier alpha value is -1.32. The van der Waals surface area contributed by atoms with E-state index in [-0.39, 0.29) is 0 Å². The minimum atomic E-state index is -0.535. The molecule has 0 fully saturated rings. The van der Waals surface area contributed by atoms with Gasteiger partial charge in [-0.25, -0.2) is 0 Å². The van der Waals surface area contributed by atoms with Gasteiger partial charge in [0.1, 0.15) is 5.75 Å². The van der Waals surface area contributed by atoms with Crippen molar-refractivity contribution in [1.29, 1.82) is 0 Å². The van der Waals surface area contributed by atoms with Crippen LogP contribution in [0, 0.1) is 5.92 Å². The molecule has 0 bridgehead atoms. The Balaban J connectivity index is 2.27. The zero-order chi connectivity index (χ0) is 14.1. The van der Waals surface area contributed by atoms with Crippen molar-refractivity contribution in [2.75, 3.05) is 13.7 Å². The summed E-state index contributed by atoms with van der Waals surface area (Å²) >= 11 is 0. The lowest BCUT2D eigenvalue weighted by Gasteiger charge is -2.09. The quantitative estimate of drug-likeness (QED) is 0.733. The Morgan fingerprint density at radius 2 is 1.89 bits per heavy atom.